The smallest absolute Gasteiger partial charge is 0.241 e. The van der Waals surface area contributed by atoms with Gasteiger partial charge in [-0.3, -0.25) is 9.59 Å². The number of hydrogen-bond acceptors (Lipinski definition) is 3. The molecule has 100 valence electrons. The lowest BCUT2D eigenvalue weighted by Gasteiger charge is -2.10. The van der Waals surface area contributed by atoms with Crippen molar-refractivity contribution in [3.05, 3.63) is 29.8 Å². The van der Waals surface area contributed by atoms with Crippen LogP contribution < -0.4 is 11.1 Å². The molecule has 0 fully saturated rings. The van der Waals surface area contributed by atoms with Gasteiger partial charge in [0, 0.05) is 19.8 Å². The molecule has 5 nitrogen and oxygen atoms in total. The van der Waals surface area contributed by atoms with Crippen LogP contribution in [0.1, 0.15) is 5.56 Å². The van der Waals surface area contributed by atoms with Crippen molar-refractivity contribution in [1.29, 1.82) is 0 Å². The van der Waals surface area contributed by atoms with Crippen molar-refractivity contribution in [2.24, 2.45) is 0 Å². The van der Waals surface area contributed by atoms with Gasteiger partial charge in [-0.1, -0.05) is 12.1 Å². The Balaban J connectivity index is 0.00000289. The number of benzene rings is 1. The number of likely N-dealkylation sites (N-methyl/N-ethyl adjacent to an activating group) is 1. The lowest BCUT2D eigenvalue weighted by Crippen LogP contribution is -2.36. The summed E-state index contributed by atoms with van der Waals surface area (Å²) < 4.78 is 0. The van der Waals surface area contributed by atoms with E-state index in [2.05, 4.69) is 5.32 Å². The fourth-order valence-corrected chi connectivity index (χ4v) is 1.22. The van der Waals surface area contributed by atoms with Gasteiger partial charge in [0.15, 0.2) is 0 Å². The molecule has 6 heteroatoms. The average molecular weight is 272 g/mol. The molecule has 0 atom stereocenters. The molecule has 0 unspecified atom stereocenters. The van der Waals surface area contributed by atoms with Gasteiger partial charge in [-0.2, -0.15) is 0 Å². The van der Waals surface area contributed by atoms with Gasteiger partial charge in [-0.15, -0.1) is 12.4 Å². The maximum absolute atomic E-state index is 11.5. The average Bonchev–Trinajstić information content (AvgIpc) is 2.29. The number of amides is 2. The van der Waals surface area contributed by atoms with Crippen LogP contribution in [0.3, 0.4) is 0 Å². The SMILES string of the molecule is CN(C)C(=O)CNC(=O)Cc1ccc(N)cc1.Cl. The molecule has 18 heavy (non-hydrogen) atoms. The second kappa shape index (κ2) is 7.55. The molecule has 0 saturated carbocycles. The lowest BCUT2D eigenvalue weighted by molar-refractivity contribution is -0.130. The summed E-state index contributed by atoms with van der Waals surface area (Å²) in [7, 11) is 3.29. The zero-order valence-corrected chi connectivity index (χ0v) is 11.3. The Morgan fingerprint density at radius 2 is 1.78 bits per heavy atom. The standard InChI is InChI=1S/C12H17N3O2.ClH/c1-15(2)12(17)8-14-11(16)7-9-3-5-10(13)6-4-9;/h3-6H,7-8,13H2,1-2H3,(H,14,16);1H. The topological polar surface area (TPSA) is 75.4 Å². The van der Waals surface area contributed by atoms with Gasteiger partial charge in [0.25, 0.3) is 0 Å². The summed E-state index contributed by atoms with van der Waals surface area (Å²) in [6.45, 7) is 0.0286. The Hall–Kier alpha value is -1.75. The fraction of sp³-hybridized carbons (Fsp3) is 0.333. The first-order valence-electron chi connectivity index (χ1n) is 5.30. The minimum atomic E-state index is -0.176. The predicted molar refractivity (Wildman–Crippen MR) is 73.5 cm³/mol. The lowest BCUT2D eigenvalue weighted by atomic mass is 10.1. The van der Waals surface area contributed by atoms with Crippen LogP contribution in [0.5, 0.6) is 0 Å². The minimum Gasteiger partial charge on any atom is -0.399 e. The van der Waals surface area contributed by atoms with E-state index in [0.717, 1.165) is 5.56 Å². The summed E-state index contributed by atoms with van der Waals surface area (Å²) in [5, 5.41) is 2.57. The van der Waals surface area contributed by atoms with Gasteiger partial charge >= 0.3 is 0 Å². The van der Waals surface area contributed by atoms with Crippen LogP contribution in [0.25, 0.3) is 0 Å². The van der Waals surface area contributed by atoms with Crippen molar-refractivity contribution < 1.29 is 9.59 Å². The van der Waals surface area contributed by atoms with E-state index >= 15 is 0 Å². The van der Waals surface area contributed by atoms with Crippen molar-refractivity contribution in [3.63, 3.8) is 0 Å². The molecular weight excluding hydrogens is 254 g/mol. The molecule has 0 heterocycles. The molecule has 0 radical (unpaired) electrons. The number of nitrogens with zero attached hydrogens (tertiary/aromatic N) is 1. The molecule has 0 aliphatic heterocycles. The fourth-order valence-electron chi connectivity index (χ4n) is 1.22. The van der Waals surface area contributed by atoms with E-state index in [9.17, 15) is 9.59 Å². The van der Waals surface area contributed by atoms with E-state index in [4.69, 9.17) is 5.73 Å². The molecule has 2 amide bonds. The Labute approximate surface area is 113 Å². The van der Waals surface area contributed by atoms with Crippen LogP contribution >= 0.6 is 12.4 Å². The molecule has 0 spiro atoms. The number of nitrogens with two attached hydrogens (primary N) is 1. The monoisotopic (exact) mass is 271 g/mol. The van der Waals surface area contributed by atoms with Gasteiger partial charge in [0.2, 0.25) is 11.8 Å². The maximum Gasteiger partial charge on any atom is 0.241 e. The summed E-state index contributed by atoms with van der Waals surface area (Å²) in [5.74, 6) is -0.305. The van der Waals surface area contributed by atoms with Crippen LogP contribution in [0.15, 0.2) is 24.3 Å². The second-order valence-electron chi connectivity index (χ2n) is 3.98. The highest BCUT2D eigenvalue weighted by Gasteiger charge is 2.07. The third-order valence-electron chi connectivity index (χ3n) is 2.28. The molecule has 3 N–H and O–H groups in total. The first kappa shape index (κ1) is 16.2. The van der Waals surface area contributed by atoms with Gasteiger partial charge in [-0.05, 0) is 17.7 Å². The van der Waals surface area contributed by atoms with E-state index in [-0.39, 0.29) is 37.2 Å². The summed E-state index contributed by atoms with van der Waals surface area (Å²) in [4.78, 5) is 24.2. The van der Waals surface area contributed by atoms with Crippen molar-refractivity contribution in [3.8, 4) is 0 Å². The minimum absolute atomic E-state index is 0. The molecule has 0 aliphatic carbocycles. The number of rotatable bonds is 4. The number of hydrogen-bond donors (Lipinski definition) is 2. The number of nitrogen functional groups attached to an aromatic ring is 1. The first-order valence-corrected chi connectivity index (χ1v) is 5.30. The van der Waals surface area contributed by atoms with Gasteiger partial charge in [0.1, 0.15) is 0 Å². The van der Waals surface area contributed by atoms with Crippen molar-refractivity contribution in [2.45, 2.75) is 6.42 Å². The Kier molecular flexibility index (Phi) is 6.82. The molecular formula is C12H18ClN3O2. The van der Waals surface area contributed by atoms with Crippen molar-refractivity contribution in [2.75, 3.05) is 26.4 Å². The summed E-state index contributed by atoms with van der Waals surface area (Å²) >= 11 is 0. The van der Waals surface area contributed by atoms with Gasteiger partial charge in [0.05, 0.1) is 13.0 Å². The van der Waals surface area contributed by atoms with Crippen molar-refractivity contribution in [1.82, 2.24) is 10.2 Å². The van der Waals surface area contributed by atoms with Gasteiger partial charge < -0.3 is 16.0 Å². The number of nitrogens with one attached hydrogen (secondary N) is 1. The number of halogens is 1. The van der Waals surface area contributed by atoms with Crippen LogP contribution in [0.2, 0.25) is 0 Å². The maximum atomic E-state index is 11.5. The molecule has 1 aromatic carbocycles. The Morgan fingerprint density at radius 1 is 1.22 bits per heavy atom. The molecule has 0 bridgehead atoms. The quantitative estimate of drug-likeness (QED) is 0.780. The zero-order valence-electron chi connectivity index (χ0n) is 10.5. The van der Waals surface area contributed by atoms with E-state index in [1.807, 2.05) is 0 Å². The molecule has 1 aromatic rings. The predicted octanol–water partition coefficient (Wildman–Crippen LogP) is 0.438. The normalized spacial score (nSPS) is 9.22. The second-order valence-corrected chi connectivity index (χ2v) is 3.98. The third kappa shape index (κ3) is 5.54. The summed E-state index contributed by atoms with van der Waals surface area (Å²) in [6, 6.07) is 7.08. The number of carbonyl (C=O) groups excluding carboxylic acids is 2. The van der Waals surface area contributed by atoms with E-state index in [1.165, 1.54) is 4.90 Å². The zero-order chi connectivity index (χ0) is 12.8. The van der Waals surface area contributed by atoms with E-state index in [0.29, 0.717) is 5.69 Å². The first-order chi connectivity index (χ1) is 7.99. The number of anilines is 1. The van der Waals surface area contributed by atoms with Gasteiger partial charge in [-0.25, -0.2) is 0 Å². The Morgan fingerprint density at radius 3 is 2.28 bits per heavy atom. The molecule has 1 rings (SSSR count). The highest BCUT2D eigenvalue weighted by Crippen LogP contribution is 2.05. The summed E-state index contributed by atoms with van der Waals surface area (Å²) in [6.07, 6.45) is 0.251. The Bertz CT molecular complexity index is 404. The van der Waals surface area contributed by atoms with Crippen LogP contribution in [-0.2, 0) is 16.0 Å². The van der Waals surface area contributed by atoms with E-state index < -0.39 is 0 Å². The highest BCUT2D eigenvalue weighted by atomic mass is 35.5. The van der Waals surface area contributed by atoms with Crippen LogP contribution in [-0.4, -0.2) is 37.4 Å². The summed E-state index contributed by atoms with van der Waals surface area (Å²) in [5.41, 5.74) is 7.07. The van der Waals surface area contributed by atoms with Crippen LogP contribution in [0, 0.1) is 0 Å². The van der Waals surface area contributed by atoms with E-state index in [1.54, 1.807) is 38.4 Å². The third-order valence-corrected chi connectivity index (χ3v) is 2.28. The number of carbonyl (C=O) groups is 2. The van der Waals surface area contributed by atoms with Crippen LogP contribution in [0.4, 0.5) is 5.69 Å². The van der Waals surface area contributed by atoms with Crippen molar-refractivity contribution >= 4 is 29.9 Å². The largest absolute Gasteiger partial charge is 0.399 e. The molecule has 0 aromatic heterocycles. The molecule has 0 saturated heterocycles. The highest BCUT2D eigenvalue weighted by molar-refractivity contribution is 5.85. The molecule has 0 aliphatic rings.